The van der Waals surface area contributed by atoms with Crippen molar-refractivity contribution in [2.24, 2.45) is 10.9 Å². The van der Waals surface area contributed by atoms with Crippen LogP contribution in [0.15, 0.2) is 34.2 Å². The quantitative estimate of drug-likeness (QED) is 0.366. The maximum Gasteiger partial charge on any atom is 0.242 e. The van der Waals surface area contributed by atoms with Crippen molar-refractivity contribution in [2.75, 3.05) is 27.2 Å². The summed E-state index contributed by atoms with van der Waals surface area (Å²) in [6.45, 7) is 8.10. The van der Waals surface area contributed by atoms with Crippen LogP contribution in [-0.4, -0.2) is 45.9 Å². The minimum absolute atomic E-state index is 0. The van der Waals surface area contributed by atoms with Crippen molar-refractivity contribution in [3.63, 3.8) is 0 Å². The molecule has 8 heteroatoms. The van der Waals surface area contributed by atoms with E-state index in [1.807, 2.05) is 13.0 Å². The number of benzene rings is 1. The standard InChI is InChI=1S/C16H28N4O2S.HI/c1-6-17-16(18-11-13(2)3)19-12-14-9-7-8-10-15(14)23(21,22)20(4)5;/h7-10,13H,6,11-12H2,1-5H3,(H2,17,18,19);1H. The molecule has 1 rings (SSSR count). The van der Waals surface area contributed by atoms with Crippen LogP contribution in [0.25, 0.3) is 0 Å². The zero-order valence-corrected chi connectivity index (χ0v) is 18.2. The van der Waals surface area contributed by atoms with E-state index >= 15 is 0 Å². The number of nitrogens with one attached hydrogen (secondary N) is 2. The van der Waals surface area contributed by atoms with Gasteiger partial charge in [-0.05, 0) is 24.5 Å². The SMILES string of the molecule is CCNC(=NCc1ccccc1S(=O)(=O)N(C)C)NCC(C)C.I. The summed E-state index contributed by atoms with van der Waals surface area (Å²) in [6, 6.07) is 6.97. The zero-order chi connectivity index (χ0) is 17.5. The highest BCUT2D eigenvalue weighted by atomic mass is 127. The average Bonchev–Trinajstić information content (AvgIpc) is 2.50. The molecule has 0 saturated heterocycles. The smallest absolute Gasteiger partial charge is 0.242 e. The summed E-state index contributed by atoms with van der Waals surface area (Å²) in [5.41, 5.74) is 0.683. The normalized spacial score (nSPS) is 12.2. The fourth-order valence-corrected chi connectivity index (χ4v) is 3.00. The van der Waals surface area contributed by atoms with Gasteiger partial charge in [0.25, 0.3) is 0 Å². The van der Waals surface area contributed by atoms with Crippen LogP contribution in [0.5, 0.6) is 0 Å². The van der Waals surface area contributed by atoms with E-state index in [1.165, 1.54) is 18.4 Å². The molecular weight excluding hydrogens is 439 g/mol. The third-order valence-corrected chi connectivity index (χ3v) is 5.08. The molecule has 1 aromatic carbocycles. The highest BCUT2D eigenvalue weighted by Gasteiger charge is 2.20. The molecule has 0 spiro atoms. The average molecular weight is 468 g/mol. The number of hydrogen-bond donors (Lipinski definition) is 2. The van der Waals surface area contributed by atoms with Gasteiger partial charge in [0.2, 0.25) is 10.0 Å². The number of guanidine groups is 1. The highest BCUT2D eigenvalue weighted by Crippen LogP contribution is 2.19. The molecule has 138 valence electrons. The fourth-order valence-electron chi connectivity index (χ4n) is 1.89. The molecular formula is C16H29IN4O2S. The van der Waals surface area contributed by atoms with Crippen molar-refractivity contribution in [3.8, 4) is 0 Å². The van der Waals surface area contributed by atoms with Crippen molar-refractivity contribution in [1.82, 2.24) is 14.9 Å². The molecule has 0 aliphatic rings. The molecule has 0 unspecified atom stereocenters. The first kappa shape index (κ1) is 23.1. The van der Waals surface area contributed by atoms with Gasteiger partial charge in [-0.2, -0.15) is 0 Å². The summed E-state index contributed by atoms with van der Waals surface area (Å²) >= 11 is 0. The van der Waals surface area contributed by atoms with E-state index in [4.69, 9.17) is 0 Å². The minimum atomic E-state index is -3.47. The van der Waals surface area contributed by atoms with Gasteiger partial charge in [0.15, 0.2) is 5.96 Å². The maximum atomic E-state index is 12.4. The van der Waals surface area contributed by atoms with E-state index in [1.54, 1.807) is 18.2 Å². The second kappa shape index (κ2) is 10.9. The largest absolute Gasteiger partial charge is 0.357 e. The van der Waals surface area contributed by atoms with E-state index < -0.39 is 10.0 Å². The Morgan fingerprint density at radius 3 is 2.38 bits per heavy atom. The van der Waals surface area contributed by atoms with Crippen molar-refractivity contribution in [2.45, 2.75) is 32.2 Å². The van der Waals surface area contributed by atoms with Crippen LogP contribution >= 0.6 is 24.0 Å². The van der Waals surface area contributed by atoms with Crippen LogP contribution in [0.1, 0.15) is 26.3 Å². The van der Waals surface area contributed by atoms with Gasteiger partial charge in [0, 0.05) is 27.2 Å². The lowest BCUT2D eigenvalue weighted by atomic mass is 10.2. The lowest BCUT2D eigenvalue weighted by molar-refractivity contribution is 0.519. The van der Waals surface area contributed by atoms with Crippen LogP contribution in [0, 0.1) is 5.92 Å². The molecule has 0 amide bonds. The second-order valence-corrected chi connectivity index (χ2v) is 7.99. The fraction of sp³-hybridized carbons (Fsp3) is 0.562. The Balaban J connectivity index is 0.00000529. The number of sulfonamides is 1. The molecule has 0 fully saturated rings. The number of nitrogens with zero attached hydrogens (tertiary/aromatic N) is 2. The molecule has 0 bridgehead atoms. The van der Waals surface area contributed by atoms with Gasteiger partial charge in [0.05, 0.1) is 11.4 Å². The second-order valence-electron chi connectivity index (χ2n) is 5.87. The molecule has 0 heterocycles. The van der Waals surface area contributed by atoms with Crippen molar-refractivity contribution in [1.29, 1.82) is 0 Å². The van der Waals surface area contributed by atoms with Gasteiger partial charge >= 0.3 is 0 Å². The number of aliphatic imine (C=N–C) groups is 1. The summed E-state index contributed by atoms with van der Waals surface area (Å²) in [5.74, 6) is 1.19. The molecule has 0 aliphatic heterocycles. The summed E-state index contributed by atoms with van der Waals surface area (Å²) in [4.78, 5) is 4.80. The Hall–Kier alpha value is -0.870. The lowest BCUT2D eigenvalue weighted by Crippen LogP contribution is -2.39. The molecule has 6 nitrogen and oxygen atoms in total. The number of hydrogen-bond acceptors (Lipinski definition) is 3. The van der Waals surface area contributed by atoms with E-state index in [2.05, 4.69) is 29.5 Å². The number of halogens is 1. The van der Waals surface area contributed by atoms with Gasteiger partial charge in [0.1, 0.15) is 0 Å². The predicted molar refractivity (Wildman–Crippen MR) is 110 cm³/mol. The molecule has 0 aromatic heterocycles. The Kier molecular flexibility index (Phi) is 10.5. The molecule has 2 N–H and O–H groups in total. The van der Waals surface area contributed by atoms with E-state index in [0.717, 1.165) is 13.1 Å². The Bertz CT molecular complexity index is 631. The molecule has 24 heavy (non-hydrogen) atoms. The van der Waals surface area contributed by atoms with Gasteiger partial charge in [-0.15, -0.1) is 24.0 Å². The Labute approximate surface area is 163 Å². The molecule has 1 aromatic rings. The highest BCUT2D eigenvalue weighted by molar-refractivity contribution is 14.0. The van der Waals surface area contributed by atoms with Crippen molar-refractivity contribution < 1.29 is 8.42 Å². The number of rotatable bonds is 7. The first-order valence-electron chi connectivity index (χ1n) is 7.81. The third-order valence-electron chi connectivity index (χ3n) is 3.16. The zero-order valence-electron chi connectivity index (χ0n) is 15.0. The molecule has 0 aliphatic carbocycles. The monoisotopic (exact) mass is 468 g/mol. The molecule has 0 saturated carbocycles. The van der Waals surface area contributed by atoms with Crippen LogP contribution < -0.4 is 10.6 Å². The van der Waals surface area contributed by atoms with E-state index in [-0.39, 0.29) is 24.0 Å². The van der Waals surface area contributed by atoms with Gasteiger partial charge in [-0.1, -0.05) is 32.0 Å². The molecule has 0 radical (unpaired) electrons. The van der Waals surface area contributed by atoms with Gasteiger partial charge in [-0.3, -0.25) is 0 Å². The van der Waals surface area contributed by atoms with Crippen LogP contribution in [-0.2, 0) is 16.6 Å². The van der Waals surface area contributed by atoms with E-state index in [9.17, 15) is 8.42 Å². The Morgan fingerprint density at radius 1 is 1.21 bits per heavy atom. The summed E-state index contributed by atoms with van der Waals surface area (Å²) < 4.78 is 26.0. The third kappa shape index (κ3) is 6.94. The maximum absolute atomic E-state index is 12.4. The summed E-state index contributed by atoms with van der Waals surface area (Å²) in [6.07, 6.45) is 0. The summed E-state index contributed by atoms with van der Waals surface area (Å²) in [7, 11) is -0.407. The van der Waals surface area contributed by atoms with E-state index in [0.29, 0.717) is 28.9 Å². The van der Waals surface area contributed by atoms with Crippen molar-refractivity contribution in [3.05, 3.63) is 29.8 Å². The first-order valence-corrected chi connectivity index (χ1v) is 9.25. The van der Waals surface area contributed by atoms with Crippen LogP contribution in [0.4, 0.5) is 0 Å². The van der Waals surface area contributed by atoms with Crippen LogP contribution in [0.2, 0.25) is 0 Å². The first-order chi connectivity index (χ1) is 10.8. The van der Waals surface area contributed by atoms with Gasteiger partial charge in [-0.25, -0.2) is 17.7 Å². The predicted octanol–water partition coefficient (Wildman–Crippen LogP) is 2.27. The lowest BCUT2D eigenvalue weighted by Gasteiger charge is -2.15. The van der Waals surface area contributed by atoms with Crippen molar-refractivity contribution >= 4 is 40.0 Å². The summed E-state index contributed by atoms with van der Waals surface area (Å²) in [5, 5.41) is 6.42. The topological polar surface area (TPSA) is 73.8 Å². The minimum Gasteiger partial charge on any atom is -0.357 e. The Morgan fingerprint density at radius 2 is 1.83 bits per heavy atom. The van der Waals surface area contributed by atoms with Gasteiger partial charge < -0.3 is 10.6 Å². The molecule has 0 atom stereocenters. The van der Waals surface area contributed by atoms with Crippen LogP contribution in [0.3, 0.4) is 0 Å².